The molecule has 29 heavy (non-hydrogen) atoms. The largest absolute Gasteiger partial charge is 0.497 e. The van der Waals surface area contributed by atoms with Crippen molar-refractivity contribution in [2.24, 2.45) is 0 Å². The second-order valence-corrected chi connectivity index (χ2v) is 7.07. The van der Waals surface area contributed by atoms with Crippen LogP contribution in [0.1, 0.15) is 40.6 Å². The van der Waals surface area contributed by atoms with Gasteiger partial charge in [0.2, 0.25) is 0 Å². The molecular weight excluding hydrogens is 368 g/mol. The molecule has 0 N–H and O–H groups in total. The van der Waals surface area contributed by atoms with Gasteiger partial charge in [-0.1, -0.05) is 23.4 Å². The summed E-state index contributed by atoms with van der Waals surface area (Å²) in [4.78, 5) is 15.2. The fourth-order valence-electron chi connectivity index (χ4n) is 3.86. The Balaban J connectivity index is 1.63. The molecule has 1 aromatic heterocycles. The lowest BCUT2D eigenvalue weighted by Gasteiger charge is -2.24. The number of rotatable bonds is 5. The van der Waals surface area contributed by atoms with E-state index in [2.05, 4.69) is 10.3 Å². The topological polar surface area (TPSA) is 69.5 Å². The zero-order valence-electron chi connectivity index (χ0n) is 16.8. The van der Waals surface area contributed by atoms with Gasteiger partial charge in [0.15, 0.2) is 5.69 Å². The summed E-state index contributed by atoms with van der Waals surface area (Å²) in [5.41, 5.74) is 2.97. The van der Waals surface area contributed by atoms with Gasteiger partial charge >= 0.3 is 0 Å². The number of hydrogen-bond acceptors (Lipinski definition) is 5. The Labute approximate surface area is 169 Å². The number of hydrogen-bond donors (Lipinski definition) is 0. The quantitative estimate of drug-likeness (QED) is 0.664. The first kappa shape index (κ1) is 19.0. The molecule has 0 bridgehead atoms. The lowest BCUT2D eigenvalue weighted by molar-refractivity contribution is 0.0728. The molecule has 4 rings (SSSR count). The van der Waals surface area contributed by atoms with Crippen LogP contribution in [-0.4, -0.2) is 46.6 Å². The van der Waals surface area contributed by atoms with Gasteiger partial charge in [0.25, 0.3) is 5.91 Å². The van der Waals surface area contributed by atoms with Crippen LogP contribution in [-0.2, 0) is 0 Å². The Hall–Kier alpha value is -3.35. The molecule has 7 heteroatoms. The number of amides is 1. The Kier molecular flexibility index (Phi) is 5.20. The summed E-state index contributed by atoms with van der Waals surface area (Å²) < 4.78 is 12.3. The molecule has 1 atom stereocenters. The molecule has 7 nitrogen and oxygen atoms in total. The average Bonchev–Trinajstić information content (AvgIpc) is 3.40. The fourth-order valence-corrected chi connectivity index (χ4v) is 3.86. The Morgan fingerprint density at radius 1 is 1.07 bits per heavy atom. The summed E-state index contributed by atoms with van der Waals surface area (Å²) in [6, 6.07) is 15.4. The van der Waals surface area contributed by atoms with Gasteiger partial charge in [-0.05, 0) is 49.6 Å². The standard InChI is InChI=1S/C22H24N4O3/c1-15-21(23-24-26(15)17-8-5-10-19(14-17)29-3)22(27)25-12-6-11-20(25)16-7-4-9-18(13-16)28-2/h4-5,7-10,13-14,20H,6,11-12H2,1-3H3. The number of likely N-dealkylation sites (tertiary alicyclic amines) is 1. The van der Waals surface area contributed by atoms with E-state index >= 15 is 0 Å². The molecule has 0 aliphatic carbocycles. The summed E-state index contributed by atoms with van der Waals surface area (Å²) >= 11 is 0. The van der Waals surface area contributed by atoms with Crippen LogP contribution >= 0.6 is 0 Å². The van der Waals surface area contributed by atoms with Crippen LogP contribution < -0.4 is 9.47 Å². The van der Waals surface area contributed by atoms with Crippen molar-refractivity contribution in [3.8, 4) is 17.2 Å². The first-order chi connectivity index (χ1) is 14.1. The number of aromatic nitrogens is 3. The highest BCUT2D eigenvalue weighted by atomic mass is 16.5. The Bertz CT molecular complexity index is 1030. The van der Waals surface area contributed by atoms with E-state index in [0.29, 0.717) is 17.9 Å². The van der Waals surface area contributed by atoms with E-state index in [0.717, 1.165) is 35.6 Å². The molecule has 1 fully saturated rings. The van der Waals surface area contributed by atoms with Gasteiger partial charge in [-0.25, -0.2) is 4.68 Å². The molecule has 1 amide bonds. The van der Waals surface area contributed by atoms with Crippen LogP contribution in [0, 0.1) is 6.92 Å². The molecule has 1 aliphatic heterocycles. The fraction of sp³-hybridized carbons (Fsp3) is 0.318. The molecule has 1 aliphatic rings. The number of carbonyl (C=O) groups excluding carboxylic acids is 1. The van der Waals surface area contributed by atoms with Crippen molar-refractivity contribution in [2.45, 2.75) is 25.8 Å². The van der Waals surface area contributed by atoms with Gasteiger partial charge in [-0.2, -0.15) is 0 Å². The lowest BCUT2D eigenvalue weighted by atomic mass is 10.0. The third kappa shape index (κ3) is 3.55. The summed E-state index contributed by atoms with van der Waals surface area (Å²) in [5, 5.41) is 8.43. The van der Waals surface area contributed by atoms with Gasteiger partial charge in [0.05, 0.1) is 31.6 Å². The van der Waals surface area contributed by atoms with Crippen molar-refractivity contribution < 1.29 is 14.3 Å². The molecule has 1 unspecified atom stereocenters. The molecule has 0 saturated carbocycles. The molecule has 0 radical (unpaired) electrons. The second-order valence-electron chi connectivity index (χ2n) is 7.07. The Morgan fingerprint density at radius 2 is 1.79 bits per heavy atom. The van der Waals surface area contributed by atoms with Crippen molar-refractivity contribution in [3.63, 3.8) is 0 Å². The van der Waals surface area contributed by atoms with Gasteiger partial charge in [-0.3, -0.25) is 4.79 Å². The number of carbonyl (C=O) groups is 1. The first-order valence-corrected chi connectivity index (χ1v) is 9.64. The van der Waals surface area contributed by atoms with Gasteiger partial charge in [0.1, 0.15) is 11.5 Å². The van der Waals surface area contributed by atoms with Crippen LogP contribution in [0.3, 0.4) is 0 Å². The molecule has 2 aromatic carbocycles. The van der Waals surface area contributed by atoms with E-state index in [1.807, 2.05) is 60.4 Å². The minimum Gasteiger partial charge on any atom is -0.497 e. The molecule has 1 saturated heterocycles. The van der Waals surface area contributed by atoms with Gasteiger partial charge < -0.3 is 14.4 Å². The average molecular weight is 392 g/mol. The highest BCUT2D eigenvalue weighted by molar-refractivity contribution is 5.93. The highest BCUT2D eigenvalue weighted by Gasteiger charge is 2.33. The van der Waals surface area contributed by atoms with Crippen LogP contribution in [0.5, 0.6) is 11.5 Å². The minimum atomic E-state index is -0.0954. The molecule has 150 valence electrons. The lowest BCUT2D eigenvalue weighted by Crippen LogP contribution is -2.31. The minimum absolute atomic E-state index is 0.0129. The maximum atomic E-state index is 13.3. The number of nitrogens with zero attached hydrogens (tertiary/aromatic N) is 4. The van der Waals surface area contributed by atoms with E-state index in [9.17, 15) is 4.79 Å². The van der Waals surface area contributed by atoms with E-state index in [1.165, 1.54) is 0 Å². The predicted molar refractivity (Wildman–Crippen MR) is 109 cm³/mol. The smallest absolute Gasteiger partial charge is 0.276 e. The van der Waals surface area contributed by atoms with Crippen molar-refractivity contribution in [1.82, 2.24) is 19.9 Å². The van der Waals surface area contributed by atoms with Crippen LogP contribution in [0.2, 0.25) is 0 Å². The molecule has 2 heterocycles. The van der Waals surface area contributed by atoms with Crippen molar-refractivity contribution >= 4 is 5.91 Å². The number of ether oxygens (including phenoxy) is 2. The second kappa shape index (κ2) is 7.95. The normalized spacial score (nSPS) is 16.1. The van der Waals surface area contributed by atoms with Crippen LogP contribution in [0.15, 0.2) is 48.5 Å². The maximum absolute atomic E-state index is 13.3. The molecule has 3 aromatic rings. The van der Waals surface area contributed by atoms with E-state index in [1.54, 1.807) is 18.9 Å². The zero-order valence-corrected chi connectivity index (χ0v) is 16.8. The summed E-state index contributed by atoms with van der Waals surface area (Å²) in [6.45, 7) is 2.56. The summed E-state index contributed by atoms with van der Waals surface area (Å²) in [5.74, 6) is 1.42. The molecular formula is C22H24N4O3. The van der Waals surface area contributed by atoms with E-state index < -0.39 is 0 Å². The van der Waals surface area contributed by atoms with Crippen molar-refractivity contribution in [1.29, 1.82) is 0 Å². The monoisotopic (exact) mass is 392 g/mol. The predicted octanol–water partition coefficient (Wildman–Crippen LogP) is 3.57. The first-order valence-electron chi connectivity index (χ1n) is 9.64. The maximum Gasteiger partial charge on any atom is 0.276 e. The molecule has 0 spiro atoms. The number of benzene rings is 2. The van der Waals surface area contributed by atoms with Crippen LogP contribution in [0.4, 0.5) is 0 Å². The third-order valence-corrected chi connectivity index (χ3v) is 5.39. The van der Waals surface area contributed by atoms with Crippen molar-refractivity contribution in [2.75, 3.05) is 20.8 Å². The highest BCUT2D eigenvalue weighted by Crippen LogP contribution is 2.34. The third-order valence-electron chi connectivity index (χ3n) is 5.39. The van der Waals surface area contributed by atoms with Gasteiger partial charge in [-0.15, -0.1) is 5.10 Å². The number of methoxy groups -OCH3 is 2. The van der Waals surface area contributed by atoms with Gasteiger partial charge in [0, 0.05) is 12.6 Å². The summed E-state index contributed by atoms with van der Waals surface area (Å²) in [7, 11) is 3.27. The van der Waals surface area contributed by atoms with E-state index in [-0.39, 0.29) is 11.9 Å². The van der Waals surface area contributed by atoms with E-state index in [4.69, 9.17) is 9.47 Å². The Morgan fingerprint density at radius 3 is 2.55 bits per heavy atom. The van der Waals surface area contributed by atoms with Crippen LogP contribution in [0.25, 0.3) is 5.69 Å². The summed E-state index contributed by atoms with van der Waals surface area (Å²) in [6.07, 6.45) is 1.87. The SMILES string of the molecule is COc1cccc(C2CCCN2C(=O)c2nnn(-c3cccc(OC)c3)c2C)c1. The zero-order chi connectivity index (χ0) is 20.4. The van der Waals surface area contributed by atoms with Crippen molar-refractivity contribution in [3.05, 3.63) is 65.5 Å².